The van der Waals surface area contributed by atoms with Crippen LogP contribution in [0.4, 0.5) is 0 Å². The van der Waals surface area contributed by atoms with Gasteiger partial charge in [-0.3, -0.25) is 4.79 Å². The summed E-state index contributed by atoms with van der Waals surface area (Å²) in [6, 6.07) is -0.563. The van der Waals surface area contributed by atoms with Gasteiger partial charge in [0, 0.05) is 6.42 Å². The molecule has 0 bridgehead atoms. The van der Waals surface area contributed by atoms with Crippen LogP contribution in [-0.4, -0.2) is 31.6 Å². The maximum atomic E-state index is 11.9. The Balaban J connectivity index is 4.23. The summed E-state index contributed by atoms with van der Waals surface area (Å²) >= 11 is 0. The van der Waals surface area contributed by atoms with Crippen molar-refractivity contribution in [3.05, 3.63) is 0 Å². The fraction of sp³-hybridized carbons (Fsp3) is 0.857. The zero-order valence-corrected chi connectivity index (χ0v) is 12.6. The van der Waals surface area contributed by atoms with Crippen LogP contribution in [0, 0.1) is 11.8 Å². The van der Waals surface area contributed by atoms with Crippen LogP contribution in [0.5, 0.6) is 0 Å². The number of hydrogen-bond acceptors (Lipinski definition) is 4. The minimum Gasteiger partial charge on any atom is -0.467 e. The summed E-state index contributed by atoms with van der Waals surface area (Å²) in [6.45, 7) is 6.51. The van der Waals surface area contributed by atoms with E-state index in [4.69, 9.17) is 5.73 Å². The highest BCUT2D eigenvalue weighted by Crippen LogP contribution is 2.14. The van der Waals surface area contributed by atoms with Gasteiger partial charge in [0.2, 0.25) is 5.91 Å². The summed E-state index contributed by atoms with van der Waals surface area (Å²) in [4.78, 5) is 23.4. The van der Waals surface area contributed by atoms with Crippen molar-refractivity contribution in [3.63, 3.8) is 0 Å². The lowest BCUT2D eigenvalue weighted by Gasteiger charge is -2.20. The highest BCUT2D eigenvalue weighted by Gasteiger charge is 2.24. The maximum Gasteiger partial charge on any atom is 0.328 e. The van der Waals surface area contributed by atoms with Gasteiger partial charge in [0.15, 0.2) is 0 Å². The molecule has 19 heavy (non-hydrogen) atoms. The second-order valence-corrected chi connectivity index (χ2v) is 5.20. The normalized spacial score (nSPS) is 14.0. The Kier molecular flexibility index (Phi) is 9.21. The minimum atomic E-state index is -0.563. The van der Waals surface area contributed by atoms with Crippen molar-refractivity contribution in [2.24, 2.45) is 17.6 Å². The Bertz CT molecular complexity index is 280. The average molecular weight is 272 g/mol. The number of nitrogens with one attached hydrogen (secondary N) is 1. The van der Waals surface area contributed by atoms with Crippen LogP contribution in [0.15, 0.2) is 0 Å². The highest BCUT2D eigenvalue weighted by molar-refractivity contribution is 5.84. The molecule has 0 aromatic heterocycles. The monoisotopic (exact) mass is 272 g/mol. The first-order valence-electron chi connectivity index (χ1n) is 7.03. The number of nitrogens with two attached hydrogens (primary N) is 1. The molecule has 0 radical (unpaired) electrons. The second-order valence-electron chi connectivity index (χ2n) is 5.20. The molecule has 0 saturated carbocycles. The van der Waals surface area contributed by atoms with E-state index in [2.05, 4.69) is 17.0 Å². The summed E-state index contributed by atoms with van der Waals surface area (Å²) < 4.78 is 4.69. The molecule has 0 saturated heterocycles. The van der Waals surface area contributed by atoms with Gasteiger partial charge in [-0.05, 0) is 31.2 Å². The molecular formula is C14H28N2O3. The highest BCUT2D eigenvalue weighted by atomic mass is 16.5. The van der Waals surface area contributed by atoms with E-state index in [0.29, 0.717) is 18.9 Å². The van der Waals surface area contributed by atoms with E-state index in [1.54, 1.807) is 0 Å². The number of hydrogen-bond donors (Lipinski definition) is 2. The molecule has 0 fully saturated rings. The molecule has 0 heterocycles. The van der Waals surface area contributed by atoms with E-state index in [1.165, 1.54) is 7.11 Å². The Labute approximate surface area is 116 Å². The molecule has 5 nitrogen and oxygen atoms in total. The van der Waals surface area contributed by atoms with Crippen molar-refractivity contribution < 1.29 is 14.3 Å². The van der Waals surface area contributed by atoms with E-state index < -0.39 is 12.0 Å². The van der Waals surface area contributed by atoms with Gasteiger partial charge in [0.25, 0.3) is 0 Å². The lowest BCUT2D eigenvalue weighted by Crippen LogP contribution is -2.45. The number of ether oxygens (including phenoxy) is 1. The van der Waals surface area contributed by atoms with Crippen molar-refractivity contribution >= 4 is 11.9 Å². The van der Waals surface area contributed by atoms with Crippen LogP contribution < -0.4 is 11.1 Å². The zero-order valence-electron chi connectivity index (χ0n) is 12.6. The molecule has 0 aliphatic heterocycles. The molecule has 2 atom stereocenters. The van der Waals surface area contributed by atoms with Crippen LogP contribution in [0.1, 0.15) is 46.5 Å². The molecule has 1 amide bonds. The van der Waals surface area contributed by atoms with Crippen LogP contribution in [-0.2, 0) is 14.3 Å². The average Bonchev–Trinajstić information content (AvgIpc) is 2.39. The first-order valence-corrected chi connectivity index (χ1v) is 7.03. The Morgan fingerprint density at radius 3 is 2.32 bits per heavy atom. The van der Waals surface area contributed by atoms with Gasteiger partial charge in [-0.2, -0.15) is 0 Å². The van der Waals surface area contributed by atoms with Gasteiger partial charge in [0.1, 0.15) is 6.04 Å². The first-order chi connectivity index (χ1) is 8.96. The van der Waals surface area contributed by atoms with Crippen molar-refractivity contribution in [1.82, 2.24) is 5.32 Å². The smallest absolute Gasteiger partial charge is 0.328 e. The third kappa shape index (κ3) is 7.15. The van der Waals surface area contributed by atoms with Crippen LogP contribution >= 0.6 is 0 Å². The maximum absolute atomic E-state index is 11.9. The number of carbonyl (C=O) groups is 2. The SMILES string of the molecule is CCC(CCN)CCC(=O)N[C@H](C(=O)OC)C(C)C. The van der Waals surface area contributed by atoms with Gasteiger partial charge in [0.05, 0.1) is 7.11 Å². The molecule has 0 rings (SSSR count). The Morgan fingerprint density at radius 2 is 1.89 bits per heavy atom. The molecule has 0 aliphatic rings. The fourth-order valence-electron chi connectivity index (χ4n) is 1.99. The third-order valence-corrected chi connectivity index (χ3v) is 3.37. The molecule has 112 valence electrons. The molecule has 0 spiro atoms. The lowest BCUT2D eigenvalue weighted by molar-refractivity contribution is -0.146. The largest absolute Gasteiger partial charge is 0.467 e. The lowest BCUT2D eigenvalue weighted by atomic mass is 9.96. The van der Waals surface area contributed by atoms with Crippen LogP contribution in [0.2, 0.25) is 0 Å². The van der Waals surface area contributed by atoms with E-state index in [0.717, 1.165) is 19.3 Å². The van der Waals surface area contributed by atoms with Gasteiger partial charge in [-0.1, -0.05) is 27.2 Å². The van der Waals surface area contributed by atoms with Crippen molar-refractivity contribution in [2.75, 3.05) is 13.7 Å². The summed E-state index contributed by atoms with van der Waals surface area (Å²) in [5, 5.41) is 2.74. The summed E-state index contributed by atoms with van der Waals surface area (Å²) in [5.74, 6) is 0.00529. The number of esters is 1. The zero-order chi connectivity index (χ0) is 14.8. The van der Waals surface area contributed by atoms with Crippen LogP contribution in [0.25, 0.3) is 0 Å². The van der Waals surface area contributed by atoms with E-state index in [9.17, 15) is 9.59 Å². The summed E-state index contributed by atoms with van der Waals surface area (Å²) in [6.07, 6.45) is 3.20. The van der Waals surface area contributed by atoms with Gasteiger partial charge in [-0.15, -0.1) is 0 Å². The molecule has 3 N–H and O–H groups in total. The quantitative estimate of drug-likeness (QED) is 0.623. The summed E-state index contributed by atoms with van der Waals surface area (Å²) in [5.41, 5.74) is 5.53. The van der Waals surface area contributed by atoms with Crippen molar-refractivity contribution in [2.45, 2.75) is 52.5 Å². The topological polar surface area (TPSA) is 81.4 Å². The Hall–Kier alpha value is -1.10. The molecule has 0 aromatic carbocycles. The van der Waals surface area contributed by atoms with E-state index in [-0.39, 0.29) is 11.8 Å². The molecule has 1 unspecified atom stereocenters. The fourth-order valence-corrected chi connectivity index (χ4v) is 1.99. The number of rotatable bonds is 9. The first kappa shape index (κ1) is 17.9. The number of amides is 1. The van der Waals surface area contributed by atoms with Gasteiger partial charge < -0.3 is 15.8 Å². The van der Waals surface area contributed by atoms with E-state index >= 15 is 0 Å². The predicted molar refractivity (Wildman–Crippen MR) is 75.5 cm³/mol. The van der Waals surface area contributed by atoms with Crippen molar-refractivity contribution in [1.29, 1.82) is 0 Å². The van der Waals surface area contributed by atoms with Gasteiger partial charge >= 0.3 is 5.97 Å². The third-order valence-electron chi connectivity index (χ3n) is 3.37. The van der Waals surface area contributed by atoms with Gasteiger partial charge in [-0.25, -0.2) is 4.79 Å². The standard InChI is InChI=1S/C14H28N2O3/c1-5-11(8-9-15)6-7-12(17)16-13(10(2)3)14(18)19-4/h10-11,13H,5-9,15H2,1-4H3,(H,16,17)/t11?,13-/m0/s1. The molecule has 0 aromatic rings. The second kappa shape index (κ2) is 9.78. The van der Waals surface area contributed by atoms with Crippen LogP contribution in [0.3, 0.4) is 0 Å². The molecular weight excluding hydrogens is 244 g/mol. The number of carbonyl (C=O) groups excluding carboxylic acids is 2. The minimum absolute atomic E-state index is 0.0161. The summed E-state index contributed by atoms with van der Waals surface area (Å²) in [7, 11) is 1.33. The van der Waals surface area contributed by atoms with Crippen molar-refractivity contribution in [3.8, 4) is 0 Å². The Morgan fingerprint density at radius 1 is 1.26 bits per heavy atom. The van der Waals surface area contributed by atoms with E-state index in [1.807, 2.05) is 13.8 Å². The molecule has 5 heteroatoms. The number of methoxy groups -OCH3 is 1. The predicted octanol–water partition coefficient (Wildman–Crippen LogP) is 1.46. The molecule has 0 aliphatic carbocycles.